The Morgan fingerprint density at radius 1 is 1.25 bits per heavy atom. The Labute approximate surface area is 147 Å². The van der Waals surface area contributed by atoms with Gasteiger partial charge in [-0.05, 0) is 31.9 Å². The Morgan fingerprint density at radius 3 is 2.46 bits per heavy atom. The molecular weight excluding hydrogens is 324 g/mol. The number of amides is 2. The number of rotatable bonds is 7. The summed E-state index contributed by atoms with van der Waals surface area (Å²) in [5.74, 6) is -0.892. The van der Waals surface area contributed by atoms with Crippen molar-refractivity contribution in [3.8, 4) is 0 Å². The fourth-order valence-corrected chi connectivity index (χ4v) is 4.34. The Morgan fingerprint density at radius 2 is 1.88 bits per heavy atom. The summed E-state index contributed by atoms with van der Waals surface area (Å²) in [6.07, 6.45) is 4.51. The summed E-state index contributed by atoms with van der Waals surface area (Å²) in [6, 6.07) is 8.31. The highest BCUT2D eigenvalue weighted by Gasteiger charge is 2.35. The van der Waals surface area contributed by atoms with Crippen LogP contribution in [0.3, 0.4) is 0 Å². The largest absolute Gasteiger partial charge is 0.481 e. The van der Waals surface area contributed by atoms with E-state index in [-0.39, 0.29) is 23.7 Å². The van der Waals surface area contributed by atoms with E-state index in [0.717, 1.165) is 12.8 Å². The number of nitrogens with zero attached hydrogens (tertiary/aromatic N) is 1. The first-order chi connectivity index (χ1) is 11.4. The smallest absolute Gasteiger partial charge is 0.317 e. The molecular formula is C18H26N2O3S. The van der Waals surface area contributed by atoms with Gasteiger partial charge in [-0.3, -0.25) is 4.79 Å². The van der Waals surface area contributed by atoms with E-state index in [2.05, 4.69) is 36.5 Å². The van der Waals surface area contributed by atoms with E-state index in [0.29, 0.717) is 6.54 Å². The topological polar surface area (TPSA) is 69.6 Å². The number of carbonyl (C=O) groups excluding carboxylic acids is 1. The number of nitrogens with one attached hydrogen (secondary N) is 1. The summed E-state index contributed by atoms with van der Waals surface area (Å²) >= 11 is 1.85. The van der Waals surface area contributed by atoms with E-state index < -0.39 is 5.97 Å². The van der Waals surface area contributed by atoms with Crippen LogP contribution in [0.1, 0.15) is 37.7 Å². The maximum absolute atomic E-state index is 12.2. The lowest BCUT2D eigenvalue weighted by molar-refractivity contribution is -0.137. The highest BCUT2D eigenvalue weighted by molar-refractivity contribution is 8.00. The van der Waals surface area contributed by atoms with Crippen LogP contribution in [0.4, 0.5) is 4.79 Å². The van der Waals surface area contributed by atoms with E-state index in [9.17, 15) is 9.59 Å². The summed E-state index contributed by atoms with van der Waals surface area (Å²) in [6.45, 7) is 2.91. The lowest BCUT2D eigenvalue weighted by atomic mass is 10.1. The van der Waals surface area contributed by atoms with E-state index in [4.69, 9.17) is 5.11 Å². The number of hydrogen-bond donors (Lipinski definition) is 2. The van der Waals surface area contributed by atoms with Crippen molar-refractivity contribution in [3.05, 3.63) is 29.8 Å². The van der Waals surface area contributed by atoms with Crippen LogP contribution >= 0.6 is 11.8 Å². The van der Waals surface area contributed by atoms with E-state index in [1.54, 1.807) is 7.05 Å². The standard InChI is InChI=1S/C18H26N2O3S/c1-14-5-7-15(8-6-14)24-18(10-3-4-11-18)13-19-17(23)20(2)12-9-16(21)22/h5-8H,3-4,9-13H2,1-2H3,(H,19,23)(H,21,22). The van der Waals surface area contributed by atoms with Crippen molar-refractivity contribution in [2.24, 2.45) is 0 Å². The molecule has 0 saturated heterocycles. The number of thioether (sulfide) groups is 1. The Kier molecular flexibility index (Phi) is 6.54. The molecule has 1 aliphatic rings. The summed E-state index contributed by atoms with van der Waals surface area (Å²) in [5.41, 5.74) is 1.24. The molecule has 6 heteroatoms. The third-order valence-corrected chi connectivity index (χ3v) is 5.93. The summed E-state index contributed by atoms with van der Waals surface area (Å²) in [5, 5.41) is 11.7. The maximum Gasteiger partial charge on any atom is 0.317 e. The molecule has 0 radical (unpaired) electrons. The zero-order chi connectivity index (χ0) is 17.6. The Bertz CT molecular complexity index is 568. The number of hydrogen-bond acceptors (Lipinski definition) is 3. The van der Waals surface area contributed by atoms with Gasteiger partial charge in [-0.15, -0.1) is 11.8 Å². The number of carboxylic acid groups (broad SMARTS) is 1. The van der Waals surface area contributed by atoms with E-state index in [1.165, 1.54) is 28.2 Å². The molecule has 0 heterocycles. The molecule has 1 aliphatic carbocycles. The molecule has 2 amide bonds. The van der Waals surface area contributed by atoms with Gasteiger partial charge < -0.3 is 15.3 Å². The summed E-state index contributed by atoms with van der Waals surface area (Å²) < 4.78 is 0.0402. The second-order valence-corrected chi connectivity index (χ2v) is 8.07. The van der Waals surface area contributed by atoms with Gasteiger partial charge in [0.15, 0.2) is 0 Å². The van der Waals surface area contributed by atoms with Crippen LogP contribution in [0.25, 0.3) is 0 Å². The minimum Gasteiger partial charge on any atom is -0.481 e. The third kappa shape index (κ3) is 5.44. The van der Waals surface area contributed by atoms with Gasteiger partial charge in [0, 0.05) is 29.8 Å². The molecule has 0 aromatic heterocycles. The fourth-order valence-electron chi connectivity index (χ4n) is 2.93. The van der Waals surface area contributed by atoms with Gasteiger partial charge in [-0.1, -0.05) is 30.5 Å². The molecule has 2 N–H and O–H groups in total. The average molecular weight is 350 g/mol. The SMILES string of the molecule is Cc1ccc(SC2(CNC(=O)N(C)CCC(=O)O)CCCC2)cc1. The predicted octanol–water partition coefficient (Wildman–Crippen LogP) is 3.52. The molecule has 24 heavy (non-hydrogen) atoms. The number of aryl methyl sites for hydroxylation is 1. The van der Waals surface area contributed by atoms with Crippen LogP contribution in [0.15, 0.2) is 29.2 Å². The maximum atomic E-state index is 12.2. The van der Waals surface area contributed by atoms with Crippen molar-refractivity contribution in [1.82, 2.24) is 10.2 Å². The highest BCUT2D eigenvalue weighted by Crippen LogP contribution is 2.44. The second kappa shape index (κ2) is 8.42. The predicted molar refractivity (Wildman–Crippen MR) is 96.5 cm³/mol. The van der Waals surface area contributed by atoms with Crippen molar-refractivity contribution in [2.75, 3.05) is 20.1 Å². The molecule has 1 aromatic carbocycles. The van der Waals surface area contributed by atoms with Crippen LogP contribution in [0.5, 0.6) is 0 Å². The molecule has 0 bridgehead atoms. The van der Waals surface area contributed by atoms with Crippen LogP contribution in [0, 0.1) is 6.92 Å². The first kappa shape index (κ1) is 18.6. The Balaban J connectivity index is 1.92. The van der Waals surface area contributed by atoms with E-state index >= 15 is 0 Å². The Hall–Kier alpha value is -1.69. The van der Waals surface area contributed by atoms with Crippen molar-refractivity contribution in [3.63, 3.8) is 0 Å². The lowest BCUT2D eigenvalue weighted by Crippen LogP contribution is -2.44. The third-order valence-electron chi connectivity index (χ3n) is 4.44. The molecule has 0 aliphatic heterocycles. The van der Waals surface area contributed by atoms with Crippen molar-refractivity contribution >= 4 is 23.8 Å². The van der Waals surface area contributed by atoms with Crippen LogP contribution in [-0.2, 0) is 4.79 Å². The number of carbonyl (C=O) groups is 2. The molecule has 0 unspecified atom stereocenters. The zero-order valence-electron chi connectivity index (χ0n) is 14.4. The molecule has 5 nitrogen and oxygen atoms in total. The van der Waals surface area contributed by atoms with Crippen LogP contribution < -0.4 is 5.32 Å². The normalized spacial score (nSPS) is 15.9. The fraction of sp³-hybridized carbons (Fsp3) is 0.556. The molecule has 2 rings (SSSR count). The summed E-state index contributed by atoms with van der Waals surface area (Å²) in [7, 11) is 1.63. The quantitative estimate of drug-likeness (QED) is 0.789. The van der Waals surface area contributed by atoms with Gasteiger partial charge in [-0.25, -0.2) is 4.79 Å². The van der Waals surface area contributed by atoms with E-state index in [1.807, 2.05) is 11.8 Å². The number of carboxylic acids is 1. The molecule has 132 valence electrons. The van der Waals surface area contributed by atoms with Gasteiger partial charge >= 0.3 is 12.0 Å². The first-order valence-electron chi connectivity index (χ1n) is 8.37. The molecule has 1 saturated carbocycles. The van der Waals surface area contributed by atoms with Crippen molar-refractivity contribution < 1.29 is 14.7 Å². The number of urea groups is 1. The number of aliphatic carboxylic acids is 1. The van der Waals surface area contributed by atoms with Crippen LogP contribution in [-0.4, -0.2) is 46.9 Å². The van der Waals surface area contributed by atoms with Gasteiger partial charge in [0.05, 0.1) is 6.42 Å². The van der Waals surface area contributed by atoms with Gasteiger partial charge in [0.25, 0.3) is 0 Å². The monoisotopic (exact) mass is 350 g/mol. The molecule has 1 aromatic rings. The van der Waals surface area contributed by atoms with Crippen LogP contribution in [0.2, 0.25) is 0 Å². The molecule has 0 spiro atoms. The number of benzene rings is 1. The van der Waals surface area contributed by atoms with Crippen molar-refractivity contribution in [2.45, 2.75) is 48.7 Å². The molecule has 0 atom stereocenters. The minimum atomic E-state index is -0.892. The van der Waals surface area contributed by atoms with Gasteiger partial charge in [-0.2, -0.15) is 0 Å². The first-order valence-corrected chi connectivity index (χ1v) is 9.18. The van der Waals surface area contributed by atoms with Gasteiger partial charge in [0.1, 0.15) is 0 Å². The second-order valence-electron chi connectivity index (χ2n) is 6.53. The highest BCUT2D eigenvalue weighted by atomic mass is 32.2. The lowest BCUT2D eigenvalue weighted by Gasteiger charge is -2.30. The minimum absolute atomic E-state index is 0.0345. The van der Waals surface area contributed by atoms with Crippen molar-refractivity contribution in [1.29, 1.82) is 0 Å². The van der Waals surface area contributed by atoms with Gasteiger partial charge in [0.2, 0.25) is 0 Å². The zero-order valence-corrected chi connectivity index (χ0v) is 15.2. The molecule has 1 fully saturated rings. The average Bonchev–Trinajstić information content (AvgIpc) is 3.01. The summed E-state index contributed by atoms with van der Waals surface area (Å²) in [4.78, 5) is 25.4.